The molecule has 1 aliphatic heterocycles. The van der Waals surface area contributed by atoms with Crippen molar-refractivity contribution in [3.8, 4) is 17.2 Å². The van der Waals surface area contributed by atoms with E-state index in [9.17, 15) is 9.59 Å². The van der Waals surface area contributed by atoms with Crippen molar-refractivity contribution in [2.24, 2.45) is 4.99 Å². The molecule has 1 aromatic heterocycles. The summed E-state index contributed by atoms with van der Waals surface area (Å²) in [5.41, 5.74) is 3.38. The minimum atomic E-state index is -0.754. The van der Waals surface area contributed by atoms with Crippen LogP contribution in [0.25, 0.3) is 6.08 Å². The monoisotopic (exact) mass is 849 g/mol. The third-order valence-corrected chi connectivity index (χ3v) is 10.2. The summed E-state index contributed by atoms with van der Waals surface area (Å²) in [5.74, 6) is 1.78. The highest BCUT2D eigenvalue weighted by Crippen LogP contribution is 2.38. The number of thiazole rings is 1. The molecule has 4 aromatic rings. The van der Waals surface area contributed by atoms with E-state index in [1.165, 1.54) is 11.3 Å². The smallest absolute Gasteiger partial charge is 0.271 e. The van der Waals surface area contributed by atoms with Crippen molar-refractivity contribution >= 4 is 68.5 Å². The molecule has 5 rings (SSSR count). The van der Waals surface area contributed by atoms with Gasteiger partial charge in [0.05, 0.1) is 37.2 Å². The molecule has 0 saturated carbocycles. The average Bonchev–Trinajstić information content (AvgIpc) is 3.34. The summed E-state index contributed by atoms with van der Waals surface area (Å²) in [6.07, 6.45) is 1.88. The first-order chi connectivity index (χ1) is 21.7. The number of likely N-dealkylation sites (N-methyl/N-ethyl adjacent to an activating group) is 1. The fraction of sp³-hybridized carbons (Fsp3) is 0.265. The first kappa shape index (κ1) is 33.2. The Bertz CT molecular complexity index is 1930. The van der Waals surface area contributed by atoms with E-state index in [0.717, 1.165) is 24.0 Å². The van der Waals surface area contributed by atoms with Gasteiger partial charge in [0.15, 0.2) is 4.80 Å². The molecule has 1 atom stereocenters. The van der Waals surface area contributed by atoms with Gasteiger partial charge >= 0.3 is 0 Å². The number of aromatic nitrogens is 1. The summed E-state index contributed by atoms with van der Waals surface area (Å²) in [6.45, 7) is 7.23. The fourth-order valence-electron chi connectivity index (χ4n) is 5.31. The number of ether oxygens (including phenoxy) is 3. The summed E-state index contributed by atoms with van der Waals surface area (Å²) >= 11 is 5.84. The molecule has 0 bridgehead atoms. The van der Waals surface area contributed by atoms with Gasteiger partial charge < -0.3 is 19.1 Å². The normalized spacial score (nSPS) is 14.6. The van der Waals surface area contributed by atoms with Gasteiger partial charge in [-0.1, -0.05) is 41.7 Å². The zero-order chi connectivity index (χ0) is 32.2. The summed E-state index contributed by atoms with van der Waals surface area (Å²) in [5, 5.41) is 0. The summed E-state index contributed by atoms with van der Waals surface area (Å²) < 4.78 is 21.5. The molecule has 8 nitrogen and oxygen atoms in total. The Morgan fingerprint density at radius 3 is 2.33 bits per heavy atom. The molecule has 0 aliphatic carbocycles. The van der Waals surface area contributed by atoms with Crippen molar-refractivity contribution in [3.05, 3.63) is 115 Å². The number of methoxy groups -OCH3 is 2. The van der Waals surface area contributed by atoms with Gasteiger partial charge in [-0.3, -0.25) is 14.2 Å². The van der Waals surface area contributed by atoms with Crippen LogP contribution in [0.4, 0.5) is 0 Å². The van der Waals surface area contributed by atoms with Gasteiger partial charge in [0.2, 0.25) is 0 Å². The number of hydrogen-bond donors (Lipinski definition) is 0. The van der Waals surface area contributed by atoms with Crippen LogP contribution in [0.2, 0.25) is 0 Å². The SMILES string of the molecule is CCN(CC)C(=O)C1=C(C)N=c2s/c(=C/c3cc(I)c(OCc4ccccc4)c(I)c3)c(=O)n2[C@@H]1c1cc(OC)ccc1OC. The Balaban J connectivity index is 1.64. The molecule has 3 aromatic carbocycles. The molecule has 45 heavy (non-hydrogen) atoms. The van der Waals surface area contributed by atoms with Crippen LogP contribution >= 0.6 is 56.5 Å². The van der Waals surface area contributed by atoms with E-state index in [1.54, 1.807) is 35.8 Å². The van der Waals surface area contributed by atoms with Crippen LogP contribution in [0.1, 0.15) is 43.5 Å². The van der Waals surface area contributed by atoms with Crippen LogP contribution in [0, 0.1) is 7.14 Å². The molecule has 0 unspecified atom stereocenters. The molecule has 0 saturated heterocycles. The van der Waals surface area contributed by atoms with E-state index in [-0.39, 0.29) is 11.5 Å². The lowest BCUT2D eigenvalue weighted by Crippen LogP contribution is -2.43. The third kappa shape index (κ3) is 6.85. The molecule has 11 heteroatoms. The lowest BCUT2D eigenvalue weighted by atomic mass is 9.93. The number of amides is 1. The zero-order valence-corrected chi connectivity index (χ0v) is 30.7. The molecule has 0 radical (unpaired) electrons. The van der Waals surface area contributed by atoms with Crippen molar-refractivity contribution in [3.63, 3.8) is 0 Å². The Hall–Kier alpha value is -3.17. The lowest BCUT2D eigenvalue weighted by Gasteiger charge is -2.30. The maximum absolute atomic E-state index is 14.3. The van der Waals surface area contributed by atoms with E-state index in [0.29, 0.717) is 57.4 Å². The van der Waals surface area contributed by atoms with E-state index in [2.05, 4.69) is 45.2 Å². The first-order valence-corrected chi connectivity index (χ1v) is 17.4. The highest BCUT2D eigenvalue weighted by atomic mass is 127. The van der Waals surface area contributed by atoms with Crippen LogP contribution < -0.4 is 29.1 Å². The second-order valence-electron chi connectivity index (χ2n) is 10.3. The standard InChI is InChI=1S/C34H33I2N3O5S/c1-6-38(7-2)33(41)29-20(3)37-34-39(30(29)24-18-23(42-4)13-14-27(24)43-5)32(40)28(45-34)17-22-15-25(35)31(26(36)16-22)44-19-21-11-9-8-10-12-21/h8-18,30H,6-7,19H2,1-5H3/b28-17+/t30-/m1/s1. The summed E-state index contributed by atoms with van der Waals surface area (Å²) in [6, 6.07) is 18.7. The number of rotatable bonds is 10. The van der Waals surface area contributed by atoms with E-state index >= 15 is 0 Å². The van der Waals surface area contributed by atoms with Crippen molar-refractivity contribution < 1.29 is 19.0 Å². The van der Waals surface area contributed by atoms with Crippen LogP contribution in [0.15, 0.2) is 81.7 Å². The largest absolute Gasteiger partial charge is 0.497 e. The molecule has 0 fully saturated rings. The molecule has 0 spiro atoms. The molecule has 234 valence electrons. The third-order valence-electron chi connectivity index (χ3n) is 7.58. The highest BCUT2D eigenvalue weighted by Gasteiger charge is 2.36. The maximum Gasteiger partial charge on any atom is 0.271 e. The van der Waals surface area contributed by atoms with Gasteiger partial charge in [0, 0.05) is 18.7 Å². The van der Waals surface area contributed by atoms with Crippen molar-refractivity contribution in [1.29, 1.82) is 0 Å². The van der Waals surface area contributed by atoms with Crippen LogP contribution in [0.5, 0.6) is 17.2 Å². The highest BCUT2D eigenvalue weighted by molar-refractivity contribution is 14.1. The van der Waals surface area contributed by atoms with E-state index < -0.39 is 6.04 Å². The summed E-state index contributed by atoms with van der Waals surface area (Å²) in [7, 11) is 3.16. The van der Waals surface area contributed by atoms with Gasteiger partial charge in [-0.2, -0.15) is 0 Å². The molecule has 2 heterocycles. The van der Waals surface area contributed by atoms with Crippen LogP contribution in [0.3, 0.4) is 0 Å². The second-order valence-corrected chi connectivity index (χ2v) is 13.6. The Morgan fingerprint density at radius 1 is 1.02 bits per heavy atom. The number of halogens is 2. The minimum Gasteiger partial charge on any atom is -0.497 e. The van der Waals surface area contributed by atoms with Gasteiger partial charge in [-0.05, 0) is 113 Å². The van der Waals surface area contributed by atoms with Crippen molar-refractivity contribution in [2.45, 2.75) is 33.4 Å². The minimum absolute atomic E-state index is 0.166. The zero-order valence-electron chi connectivity index (χ0n) is 25.6. The summed E-state index contributed by atoms with van der Waals surface area (Å²) in [4.78, 5) is 35.3. The van der Waals surface area contributed by atoms with Gasteiger partial charge in [0.1, 0.15) is 29.9 Å². The predicted octanol–water partition coefficient (Wildman–Crippen LogP) is 5.91. The maximum atomic E-state index is 14.3. The second kappa shape index (κ2) is 14.5. The van der Waals surface area contributed by atoms with E-state index in [4.69, 9.17) is 19.2 Å². The number of nitrogens with zero attached hydrogens (tertiary/aromatic N) is 3. The number of allylic oxidation sites excluding steroid dienone is 1. The Morgan fingerprint density at radius 2 is 1.71 bits per heavy atom. The molecular formula is C34H33I2N3O5S. The number of benzene rings is 3. The van der Waals surface area contributed by atoms with E-state index in [1.807, 2.05) is 75.4 Å². The predicted molar refractivity (Wildman–Crippen MR) is 194 cm³/mol. The van der Waals surface area contributed by atoms with Gasteiger partial charge in [0.25, 0.3) is 11.5 Å². The van der Waals surface area contributed by atoms with Gasteiger partial charge in [-0.25, -0.2) is 4.99 Å². The molecule has 1 amide bonds. The lowest BCUT2D eigenvalue weighted by molar-refractivity contribution is -0.127. The average molecular weight is 850 g/mol. The van der Waals surface area contributed by atoms with Crippen LogP contribution in [-0.4, -0.2) is 42.7 Å². The quantitative estimate of drug-likeness (QED) is 0.186. The molecule has 1 aliphatic rings. The van der Waals surface area contributed by atoms with Crippen molar-refractivity contribution in [2.75, 3.05) is 27.3 Å². The number of fused-ring (bicyclic) bond motifs is 1. The Labute approximate surface area is 293 Å². The fourth-order valence-corrected chi connectivity index (χ4v) is 8.48. The van der Waals surface area contributed by atoms with Crippen LogP contribution in [-0.2, 0) is 11.4 Å². The molecule has 0 N–H and O–H groups in total. The molecular weight excluding hydrogens is 816 g/mol. The van der Waals surface area contributed by atoms with Gasteiger partial charge in [-0.15, -0.1) is 0 Å². The number of hydrogen-bond acceptors (Lipinski definition) is 7. The Kier molecular flexibility index (Phi) is 10.7. The van der Waals surface area contributed by atoms with Crippen molar-refractivity contribution in [1.82, 2.24) is 9.47 Å². The number of carbonyl (C=O) groups excluding carboxylic acids is 1. The first-order valence-electron chi connectivity index (χ1n) is 14.4. The topological polar surface area (TPSA) is 82.4 Å². The number of carbonyl (C=O) groups is 1.